The van der Waals surface area contributed by atoms with Gasteiger partial charge in [-0.15, -0.1) is 0 Å². The molecule has 0 radical (unpaired) electrons. The maximum atomic E-state index is 9.97. The fourth-order valence-electron chi connectivity index (χ4n) is 3.98. The van der Waals surface area contributed by atoms with Gasteiger partial charge in [-0.3, -0.25) is 5.41 Å². The van der Waals surface area contributed by atoms with Crippen LogP contribution >= 0.6 is 0 Å². The number of nitriles is 3. The van der Waals surface area contributed by atoms with Gasteiger partial charge in [-0.05, 0) is 12.8 Å². The fraction of sp³-hybridized carbons (Fsp3) is 0.778. The van der Waals surface area contributed by atoms with Crippen molar-refractivity contribution in [2.45, 2.75) is 71.2 Å². The molecule has 1 N–H and O–H groups in total. The van der Waals surface area contributed by atoms with E-state index >= 15 is 0 Å². The van der Waals surface area contributed by atoms with Gasteiger partial charge in [0, 0.05) is 0 Å². The van der Waals surface area contributed by atoms with Crippen LogP contribution in [-0.4, -0.2) is 18.3 Å². The van der Waals surface area contributed by atoms with E-state index in [0.717, 1.165) is 32.1 Å². The van der Waals surface area contributed by atoms with Crippen LogP contribution < -0.4 is 0 Å². The zero-order valence-corrected chi connectivity index (χ0v) is 14.3. The second-order valence-electron chi connectivity index (χ2n) is 6.64. The van der Waals surface area contributed by atoms with E-state index in [2.05, 4.69) is 25.1 Å². The van der Waals surface area contributed by atoms with E-state index < -0.39 is 29.1 Å². The Hall–Kier alpha value is -2.10. The summed E-state index contributed by atoms with van der Waals surface area (Å²) in [6.07, 6.45) is 4.26. The van der Waals surface area contributed by atoms with Gasteiger partial charge in [0.1, 0.15) is 0 Å². The summed E-state index contributed by atoms with van der Waals surface area (Å²) in [6.45, 7) is 4.11. The average Bonchev–Trinajstić information content (AvgIpc) is 2.81. The van der Waals surface area contributed by atoms with E-state index in [4.69, 9.17) is 14.9 Å². The molecule has 2 heterocycles. The molecule has 0 aromatic heterocycles. The lowest BCUT2D eigenvalue weighted by atomic mass is 9.54. The molecule has 0 spiro atoms. The quantitative estimate of drug-likeness (QED) is 0.716. The van der Waals surface area contributed by atoms with Crippen LogP contribution in [0.25, 0.3) is 0 Å². The van der Waals surface area contributed by atoms with Crippen molar-refractivity contribution < 1.29 is 9.47 Å². The summed E-state index contributed by atoms with van der Waals surface area (Å²) in [6, 6.07) is 6.30. The van der Waals surface area contributed by atoms with Gasteiger partial charge in [-0.1, -0.05) is 46.0 Å². The van der Waals surface area contributed by atoms with Crippen molar-refractivity contribution in [1.82, 2.24) is 0 Å². The van der Waals surface area contributed by atoms with Crippen molar-refractivity contribution in [3.8, 4) is 18.2 Å². The van der Waals surface area contributed by atoms with Crippen molar-refractivity contribution >= 4 is 5.90 Å². The lowest BCUT2D eigenvalue weighted by molar-refractivity contribution is -0.203. The molecule has 2 aliphatic rings. The second-order valence-corrected chi connectivity index (χ2v) is 6.64. The SMILES string of the molecule is CCCCC[C@H]1O[C@H]2OC(=N)[C@@](C#N)([C@H]2CCCC)C1(C#N)C#N. The zero-order chi connectivity index (χ0) is 17.8. The summed E-state index contributed by atoms with van der Waals surface area (Å²) in [4.78, 5) is 0. The molecular formula is C18H24N4O2. The van der Waals surface area contributed by atoms with Crippen LogP contribution in [0, 0.1) is 56.2 Å². The Bertz CT molecular complexity index is 598. The van der Waals surface area contributed by atoms with Crippen molar-refractivity contribution in [3.63, 3.8) is 0 Å². The monoisotopic (exact) mass is 328 g/mol. The lowest BCUT2D eigenvalue weighted by Crippen LogP contribution is -2.58. The minimum absolute atomic E-state index is 0.280. The predicted octanol–water partition coefficient (Wildman–Crippen LogP) is 3.65. The third kappa shape index (κ3) is 2.36. The largest absolute Gasteiger partial charge is 0.450 e. The van der Waals surface area contributed by atoms with E-state index in [1.54, 1.807) is 0 Å². The Morgan fingerprint density at radius 3 is 2.21 bits per heavy atom. The van der Waals surface area contributed by atoms with Crippen molar-refractivity contribution in [1.29, 1.82) is 21.2 Å². The molecule has 0 unspecified atom stereocenters. The maximum absolute atomic E-state index is 9.97. The molecule has 24 heavy (non-hydrogen) atoms. The van der Waals surface area contributed by atoms with Crippen LogP contribution in [0.1, 0.15) is 58.8 Å². The van der Waals surface area contributed by atoms with Gasteiger partial charge in [0.2, 0.25) is 12.2 Å². The first kappa shape index (κ1) is 18.2. The van der Waals surface area contributed by atoms with Gasteiger partial charge in [0.15, 0.2) is 10.8 Å². The number of nitrogens with one attached hydrogen (secondary N) is 1. The molecule has 0 saturated carbocycles. The number of rotatable bonds is 7. The summed E-state index contributed by atoms with van der Waals surface area (Å²) < 4.78 is 11.5. The van der Waals surface area contributed by atoms with Gasteiger partial charge >= 0.3 is 0 Å². The van der Waals surface area contributed by atoms with Gasteiger partial charge in [-0.25, -0.2) is 0 Å². The van der Waals surface area contributed by atoms with Crippen LogP contribution in [-0.2, 0) is 9.47 Å². The third-order valence-electron chi connectivity index (χ3n) is 5.35. The third-order valence-corrected chi connectivity index (χ3v) is 5.35. The highest BCUT2D eigenvalue weighted by Crippen LogP contribution is 2.60. The molecule has 6 nitrogen and oxygen atoms in total. The first-order chi connectivity index (χ1) is 11.6. The molecule has 2 aliphatic heterocycles. The normalized spacial score (nSPS) is 33.1. The van der Waals surface area contributed by atoms with E-state index in [-0.39, 0.29) is 5.90 Å². The minimum Gasteiger partial charge on any atom is -0.450 e. The number of ether oxygens (including phenoxy) is 2. The Morgan fingerprint density at radius 1 is 1.00 bits per heavy atom. The number of unbranched alkanes of at least 4 members (excludes halogenated alkanes) is 3. The van der Waals surface area contributed by atoms with Crippen molar-refractivity contribution in [3.05, 3.63) is 0 Å². The van der Waals surface area contributed by atoms with Crippen LogP contribution in [0.3, 0.4) is 0 Å². The molecule has 6 heteroatoms. The molecule has 4 atom stereocenters. The zero-order valence-electron chi connectivity index (χ0n) is 14.3. The topological polar surface area (TPSA) is 114 Å². The number of hydrogen-bond acceptors (Lipinski definition) is 6. The van der Waals surface area contributed by atoms with Crippen LogP contribution in [0.2, 0.25) is 0 Å². The highest BCUT2D eigenvalue weighted by atomic mass is 16.7. The van der Waals surface area contributed by atoms with E-state index in [1.165, 1.54) is 0 Å². The van der Waals surface area contributed by atoms with Gasteiger partial charge in [0.05, 0.1) is 30.2 Å². The number of hydrogen-bond donors (Lipinski definition) is 1. The Morgan fingerprint density at radius 2 is 1.67 bits per heavy atom. The summed E-state index contributed by atoms with van der Waals surface area (Å²) >= 11 is 0. The van der Waals surface area contributed by atoms with Crippen molar-refractivity contribution in [2.75, 3.05) is 0 Å². The summed E-state index contributed by atoms with van der Waals surface area (Å²) in [5.41, 5.74) is -3.23. The van der Waals surface area contributed by atoms with Gasteiger partial charge in [0.25, 0.3) is 0 Å². The van der Waals surface area contributed by atoms with Gasteiger partial charge in [-0.2, -0.15) is 15.8 Å². The first-order valence-electron chi connectivity index (χ1n) is 8.72. The fourth-order valence-corrected chi connectivity index (χ4v) is 3.98. The molecular weight excluding hydrogens is 304 g/mol. The average molecular weight is 328 g/mol. The van der Waals surface area contributed by atoms with E-state index in [1.807, 2.05) is 6.92 Å². The van der Waals surface area contributed by atoms with E-state index in [0.29, 0.717) is 12.8 Å². The summed E-state index contributed by atoms with van der Waals surface area (Å²) in [5.74, 6) is -0.728. The highest BCUT2D eigenvalue weighted by Gasteiger charge is 2.74. The molecule has 2 fully saturated rings. The number of fused-ring (bicyclic) bond motifs is 2. The molecule has 2 rings (SSSR count). The summed E-state index contributed by atoms with van der Waals surface area (Å²) in [5, 5.41) is 38.0. The Labute approximate surface area is 143 Å². The molecule has 2 saturated heterocycles. The highest BCUT2D eigenvalue weighted by molar-refractivity contribution is 5.88. The minimum atomic E-state index is -1.70. The molecule has 0 aromatic carbocycles. The Balaban J connectivity index is 2.48. The standard InChI is InChI=1S/C18H24N4O2/c1-3-5-7-9-14-17(10-19,11-20)18(12-21)13(8-6-4-2)15(23-14)24-16(18)22/h13-15,22H,3-9H2,1-2H3/t13-,14+,15-,18+/m0/s1. The molecule has 0 amide bonds. The molecule has 0 aliphatic carbocycles. The Kier molecular flexibility index (Phi) is 5.47. The molecule has 2 bridgehead atoms. The van der Waals surface area contributed by atoms with Crippen LogP contribution in [0.15, 0.2) is 0 Å². The van der Waals surface area contributed by atoms with Crippen LogP contribution in [0.4, 0.5) is 0 Å². The second kappa shape index (κ2) is 7.20. The predicted molar refractivity (Wildman–Crippen MR) is 86.3 cm³/mol. The summed E-state index contributed by atoms with van der Waals surface area (Å²) in [7, 11) is 0. The molecule has 0 aromatic rings. The lowest BCUT2D eigenvalue weighted by Gasteiger charge is -2.45. The maximum Gasteiger partial charge on any atom is 0.207 e. The smallest absolute Gasteiger partial charge is 0.207 e. The first-order valence-corrected chi connectivity index (χ1v) is 8.72. The van der Waals surface area contributed by atoms with E-state index in [9.17, 15) is 15.8 Å². The van der Waals surface area contributed by atoms with Gasteiger partial charge < -0.3 is 9.47 Å². The van der Waals surface area contributed by atoms with Crippen molar-refractivity contribution in [2.24, 2.45) is 16.7 Å². The molecule has 128 valence electrons. The van der Waals surface area contributed by atoms with Crippen LogP contribution in [0.5, 0.6) is 0 Å². The number of nitrogens with zero attached hydrogens (tertiary/aromatic N) is 3.